The lowest BCUT2D eigenvalue weighted by atomic mass is 10.1. The summed E-state index contributed by atoms with van der Waals surface area (Å²) in [6, 6.07) is 6.62. The van der Waals surface area contributed by atoms with E-state index in [2.05, 4.69) is 30.5 Å². The zero-order valence-corrected chi connectivity index (χ0v) is 8.53. The van der Waals surface area contributed by atoms with Crippen LogP contribution in [0.3, 0.4) is 0 Å². The van der Waals surface area contributed by atoms with Gasteiger partial charge in [-0.15, -0.1) is 11.3 Å². The van der Waals surface area contributed by atoms with Crippen molar-refractivity contribution < 1.29 is 0 Å². The predicted molar refractivity (Wildman–Crippen MR) is 58.5 cm³/mol. The fourth-order valence-electron chi connectivity index (χ4n) is 1.99. The van der Waals surface area contributed by atoms with Crippen molar-refractivity contribution in [1.29, 1.82) is 0 Å². The molecule has 0 N–H and O–H groups in total. The third kappa shape index (κ3) is 1.11. The van der Waals surface area contributed by atoms with Gasteiger partial charge in [-0.3, -0.25) is 0 Å². The lowest BCUT2D eigenvalue weighted by Crippen LogP contribution is -1.78. The Kier molecular flexibility index (Phi) is 1.50. The summed E-state index contributed by atoms with van der Waals surface area (Å²) in [5, 5.41) is 3.89. The fraction of sp³-hybridized carbons (Fsp3) is 0.333. The molecule has 0 unspecified atom stereocenters. The zero-order chi connectivity index (χ0) is 8.84. The van der Waals surface area contributed by atoms with Crippen molar-refractivity contribution >= 4 is 21.4 Å². The smallest absolute Gasteiger partial charge is 0.0348 e. The molecule has 0 nitrogen and oxygen atoms in total. The minimum absolute atomic E-state index is 0.884. The third-order valence-electron chi connectivity index (χ3n) is 2.85. The summed E-state index contributed by atoms with van der Waals surface area (Å²) in [5.74, 6) is 0.884. The molecule has 0 bridgehead atoms. The van der Waals surface area contributed by atoms with Crippen molar-refractivity contribution in [2.45, 2.75) is 25.7 Å². The molecule has 1 heteroatoms. The second-order valence-corrected chi connectivity index (χ2v) is 4.82. The first-order valence-electron chi connectivity index (χ1n) is 4.83. The highest BCUT2D eigenvalue weighted by atomic mass is 32.1. The second-order valence-electron chi connectivity index (χ2n) is 3.91. The van der Waals surface area contributed by atoms with Crippen LogP contribution in [0, 0.1) is 6.92 Å². The van der Waals surface area contributed by atoms with Gasteiger partial charge in [0, 0.05) is 4.70 Å². The van der Waals surface area contributed by atoms with Gasteiger partial charge >= 0.3 is 0 Å². The minimum atomic E-state index is 0.884. The zero-order valence-electron chi connectivity index (χ0n) is 7.71. The molecular formula is C12H12S. The normalized spacial score (nSPS) is 16.7. The van der Waals surface area contributed by atoms with Crippen molar-refractivity contribution in [3.63, 3.8) is 0 Å². The van der Waals surface area contributed by atoms with Gasteiger partial charge < -0.3 is 0 Å². The van der Waals surface area contributed by atoms with Crippen LogP contribution in [0.1, 0.15) is 29.9 Å². The highest BCUT2D eigenvalue weighted by Crippen LogP contribution is 2.45. The molecule has 2 aromatic rings. The molecule has 1 aromatic heterocycles. The van der Waals surface area contributed by atoms with Crippen LogP contribution >= 0.6 is 11.3 Å². The number of rotatable bonds is 1. The van der Waals surface area contributed by atoms with Gasteiger partial charge in [-0.1, -0.05) is 12.1 Å². The van der Waals surface area contributed by atoms with Crippen molar-refractivity contribution in [2.24, 2.45) is 0 Å². The molecule has 1 heterocycles. The van der Waals surface area contributed by atoms with Crippen LogP contribution < -0.4 is 0 Å². The molecule has 0 atom stereocenters. The Hall–Kier alpha value is -0.820. The van der Waals surface area contributed by atoms with Gasteiger partial charge in [0.2, 0.25) is 0 Å². The summed E-state index contributed by atoms with van der Waals surface area (Å²) >= 11 is 1.90. The molecule has 66 valence electrons. The summed E-state index contributed by atoms with van der Waals surface area (Å²) in [4.78, 5) is 0. The van der Waals surface area contributed by atoms with Crippen LogP contribution in [0.15, 0.2) is 23.6 Å². The molecule has 13 heavy (non-hydrogen) atoms. The Morgan fingerprint density at radius 2 is 2.15 bits per heavy atom. The number of benzene rings is 1. The number of hydrogen-bond donors (Lipinski definition) is 0. The molecule has 1 fully saturated rings. The monoisotopic (exact) mass is 188 g/mol. The summed E-state index contributed by atoms with van der Waals surface area (Å²) in [6.45, 7) is 2.22. The van der Waals surface area contributed by atoms with E-state index >= 15 is 0 Å². The van der Waals surface area contributed by atoms with Crippen LogP contribution in [0.25, 0.3) is 10.1 Å². The van der Waals surface area contributed by atoms with E-state index in [4.69, 9.17) is 0 Å². The summed E-state index contributed by atoms with van der Waals surface area (Å²) in [7, 11) is 0. The maximum absolute atomic E-state index is 2.36. The van der Waals surface area contributed by atoms with Gasteiger partial charge in [0.15, 0.2) is 0 Å². The quantitative estimate of drug-likeness (QED) is 0.632. The molecule has 0 radical (unpaired) electrons. The standard InChI is InChI=1S/C12H12S/c1-8-3-2-4-11-12(8)10(7-13-11)9-5-6-9/h2-4,7,9H,5-6H2,1H3. The summed E-state index contributed by atoms with van der Waals surface area (Å²) < 4.78 is 1.46. The first kappa shape index (κ1) is 7.57. The van der Waals surface area contributed by atoms with Gasteiger partial charge in [0.1, 0.15) is 0 Å². The van der Waals surface area contributed by atoms with Crippen LogP contribution in [-0.4, -0.2) is 0 Å². The fourth-order valence-corrected chi connectivity index (χ4v) is 3.11. The Morgan fingerprint density at radius 3 is 2.92 bits per heavy atom. The lowest BCUT2D eigenvalue weighted by molar-refractivity contribution is 1.16. The maximum atomic E-state index is 2.36. The maximum Gasteiger partial charge on any atom is 0.0348 e. The molecule has 0 spiro atoms. The number of hydrogen-bond acceptors (Lipinski definition) is 1. The highest BCUT2D eigenvalue weighted by molar-refractivity contribution is 7.17. The van der Waals surface area contributed by atoms with Crippen molar-refractivity contribution in [3.8, 4) is 0 Å². The second kappa shape index (κ2) is 2.58. The first-order valence-corrected chi connectivity index (χ1v) is 5.71. The van der Waals surface area contributed by atoms with Gasteiger partial charge in [0.05, 0.1) is 0 Å². The van der Waals surface area contributed by atoms with E-state index in [1.54, 1.807) is 5.56 Å². The average Bonchev–Trinajstić information content (AvgIpc) is 2.87. The van der Waals surface area contributed by atoms with E-state index in [1.807, 2.05) is 11.3 Å². The van der Waals surface area contributed by atoms with E-state index in [0.29, 0.717) is 0 Å². The van der Waals surface area contributed by atoms with Gasteiger partial charge in [-0.2, -0.15) is 0 Å². The topological polar surface area (TPSA) is 0 Å². The number of thiophene rings is 1. The number of fused-ring (bicyclic) bond motifs is 1. The van der Waals surface area contributed by atoms with E-state index in [9.17, 15) is 0 Å². The summed E-state index contributed by atoms with van der Waals surface area (Å²) in [6.07, 6.45) is 2.81. The third-order valence-corrected chi connectivity index (χ3v) is 3.82. The molecule has 1 aliphatic rings. The van der Waals surface area contributed by atoms with Gasteiger partial charge in [-0.05, 0) is 53.6 Å². The van der Waals surface area contributed by atoms with Crippen LogP contribution in [0.5, 0.6) is 0 Å². The summed E-state index contributed by atoms with van der Waals surface area (Å²) in [5.41, 5.74) is 3.05. The molecular weight excluding hydrogens is 176 g/mol. The minimum Gasteiger partial charge on any atom is -0.144 e. The molecule has 1 aromatic carbocycles. The highest BCUT2D eigenvalue weighted by Gasteiger charge is 2.26. The molecule has 1 saturated carbocycles. The Bertz CT molecular complexity index is 449. The van der Waals surface area contributed by atoms with Crippen LogP contribution in [0.2, 0.25) is 0 Å². The van der Waals surface area contributed by atoms with Gasteiger partial charge in [0.25, 0.3) is 0 Å². The Morgan fingerprint density at radius 1 is 1.31 bits per heavy atom. The SMILES string of the molecule is Cc1cccc2scc(C3CC3)c12. The predicted octanol–water partition coefficient (Wildman–Crippen LogP) is 4.09. The van der Waals surface area contributed by atoms with E-state index in [-0.39, 0.29) is 0 Å². The van der Waals surface area contributed by atoms with Gasteiger partial charge in [-0.25, -0.2) is 0 Å². The van der Waals surface area contributed by atoms with Crippen LogP contribution in [-0.2, 0) is 0 Å². The van der Waals surface area contributed by atoms with E-state index in [1.165, 1.54) is 28.5 Å². The van der Waals surface area contributed by atoms with Crippen molar-refractivity contribution in [2.75, 3.05) is 0 Å². The Balaban J connectivity index is 2.34. The lowest BCUT2D eigenvalue weighted by Gasteiger charge is -1.99. The molecule has 1 aliphatic carbocycles. The average molecular weight is 188 g/mol. The largest absolute Gasteiger partial charge is 0.144 e. The van der Waals surface area contributed by atoms with Crippen molar-refractivity contribution in [1.82, 2.24) is 0 Å². The molecule has 0 saturated heterocycles. The molecule has 0 amide bonds. The molecule has 0 aliphatic heterocycles. The van der Waals surface area contributed by atoms with Crippen molar-refractivity contribution in [3.05, 3.63) is 34.7 Å². The number of aryl methyl sites for hydroxylation is 1. The molecule has 3 rings (SSSR count). The Labute approximate surface area is 82.2 Å². The first-order chi connectivity index (χ1) is 6.36. The van der Waals surface area contributed by atoms with Crippen LogP contribution in [0.4, 0.5) is 0 Å². The van der Waals surface area contributed by atoms with E-state index < -0.39 is 0 Å². The van der Waals surface area contributed by atoms with E-state index in [0.717, 1.165) is 5.92 Å².